The molecule has 0 bridgehead atoms. The molecule has 0 saturated carbocycles. The van der Waals surface area contributed by atoms with Crippen LogP contribution >= 0.6 is 0 Å². The van der Waals surface area contributed by atoms with Gasteiger partial charge >= 0.3 is 6.01 Å². The van der Waals surface area contributed by atoms with E-state index in [2.05, 4.69) is 10.3 Å². The van der Waals surface area contributed by atoms with Crippen molar-refractivity contribution in [2.45, 2.75) is 6.92 Å². The van der Waals surface area contributed by atoms with Gasteiger partial charge in [0.2, 0.25) is 0 Å². The van der Waals surface area contributed by atoms with Gasteiger partial charge in [0.15, 0.2) is 6.61 Å². The van der Waals surface area contributed by atoms with Crippen molar-refractivity contribution in [2.24, 2.45) is 0 Å². The monoisotopic (exact) mass is 247 g/mol. The number of hydrogen-bond acceptors (Lipinski definition) is 5. The maximum Gasteiger partial charge on any atom is 0.301 e. The number of aryl methyl sites for hydroxylation is 1. The number of nitrogens with one attached hydrogen (secondary N) is 1. The lowest BCUT2D eigenvalue weighted by molar-refractivity contribution is -0.118. The van der Waals surface area contributed by atoms with Gasteiger partial charge in [0.1, 0.15) is 12.0 Å². The lowest BCUT2D eigenvalue weighted by atomic mass is 10.3. The van der Waals surface area contributed by atoms with Crippen molar-refractivity contribution in [3.05, 3.63) is 36.2 Å². The molecule has 0 aliphatic rings. The third-order valence-electron chi connectivity index (χ3n) is 2.14. The van der Waals surface area contributed by atoms with Crippen LogP contribution in [-0.2, 0) is 4.79 Å². The number of nitrogens with two attached hydrogens (primary N) is 1. The van der Waals surface area contributed by atoms with E-state index in [-0.39, 0.29) is 18.5 Å². The molecule has 3 N–H and O–H groups in total. The second-order valence-electron chi connectivity index (χ2n) is 3.67. The molecule has 1 aromatic heterocycles. The van der Waals surface area contributed by atoms with Crippen molar-refractivity contribution >= 4 is 17.6 Å². The number of para-hydroxylation sites is 2. The highest BCUT2D eigenvalue weighted by atomic mass is 16.5. The number of amides is 1. The van der Waals surface area contributed by atoms with E-state index in [1.807, 2.05) is 0 Å². The van der Waals surface area contributed by atoms with Crippen molar-refractivity contribution in [3.8, 4) is 5.75 Å². The summed E-state index contributed by atoms with van der Waals surface area (Å²) in [4.78, 5) is 15.5. The number of nitrogen functional groups attached to an aromatic ring is 1. The van der Waals surface area contributed by atoms with Crippen LogP contribution in [0, 0.1) is 6.92 Å². The number of aromatic nitrogens is 1. The van der Waals surface area contributed by atoms with Gasteiger partial charge in [0, 0.05) is 0 Å². The smallest absolute Gasteiger partial charge is 0.301 e. The van der Waals surface area contributed by atoms with Crippen LogP contribution in [0.25, 0.3) is 0 Å². The van der Waals surface area contributed by atoms with Gasteiger partial charge in [-0.25, -0.2) is 0 Å². The molecule has 94 valence electrons. The third kappa shape index (κ3) is 3.00. The van der Waals surface area contributed by atoms with Crippen LogP contribution in [0.4, 0.5) is 11.7 Å². The molecular formula is C12H13N3O3. The zero-order valence-corrected chi connectivity index (χ0v) is 9.84. The largest absolute Gasteiger partial charge is 0.482 e. The van der Waals surface area contributed by atoms with Crippen LogP contribution in [0.2, 0.25) is 0 Å². The summed E-state index contributed by atoms with van der Waals surface area (Å²) in [5, 5.41) is 2.47. The lowest BCUT2D eigenvalue weighted by Crippen LogP contribution is -2.20. The van der Waals surface area contributed by atoms with Crippen molar-refractivity contribution in [2.75, 3.05) is 17.7 Å². The highest BCUT2D eigenvalue weighted by molar-refractivity contribution is 5.89. The third-order valence-corrected chi connectivity index (χ3v) is 2.14. The average molecular weight is 247 g/mol. The minimum absolute atomic E-state index is 0.155. The summed E-state index contributed by atoms with van der Waals surface area (Å²) in [5.74, 6) is 0.108. The van der Waals surface area contributed by atoms with Gasteiger partial charge < -0.3 is 14.9 Å². The number of hydrogen-bond donors (Lipinski definition) is 2. The van der Waals surface area contributed by atoms with Gasteiger partial charge in [-0.15, -0.1) is 0 Å². The molecule has 1 aromatic carbocycles. The fourth-order valence-corrected chi connectivity index (χ4v) is 1.32. The number of oxazole rings is 1. The SMILES string of the molecule is Cc1coc(NC(=O)COc2ccccc2N)n1. The fourth-order valence-electron chi connectivity index (χ4n) is 1.32. The van der Waals surface area contributed by atoms with Crippen molar-refractivity contribution in [1.82, 2.24) is 4.98 Å². The van der Waals surface area contributed by atoms with Crippen molar-refractivity contribution in [1.29, 1.82) is 0 Å². The number of nitrogens with zero attached hydrogens (tertiary/aromatic N) is 1. The van der Waals surface area contributed by atoms with Crippen molar-refractivity contribution in [3.63, 3.8) is 0 Å². The molecule has 6 heteroatoms. The number of carbonyl (C=O) groups is 1. The normalized spacial score (nSPS) is 10.1. The van der Waals surface area contributed by atoms with Crippen LogP contribution in [-0.4, -0.2) is 17.5 Å². The van der Waals surface area contributed by atoms with Crippen LogP contribution < -0.4 is 15.8 Å². The Balaban J connectivity index is 1.87. The second kappa shape index (κ2) is 5.22. The Labute approximate surface area is 104 Å². The summed E-state index contributed by atoms with van der Waals surface area (Å²) < 4.78 is 10.3. The predicted molar refractivity (Wildman–Crippen MR) is 66.2 cm³/mol. The molecule has 18 heavy (non-hydrogen) atoms. The first-order valence-corrected chi connectivity index (χ1v) is 5.34. The molecule has 0 aliphatic carbocycles. The van der Waals surface area contributed by atoms with Gasteiger partial charge in [-0.05, 0) is 19.1 Å². The average Bonchev–Trinajstić information content (AvgIpc) is 2.74. The van der Waals surface area contributed by atoms with E-state index < -0.39 is 0 Å². The maximum absolute atomic E-state index is 11.5. The van der Waals surface area contributed by atoms with Crippen LogP contribution in [0.15, 0.2) is 34.9 Å². The Morgan fingerprint density at radius 2 is 2.28 bits per heavy atom. The second-order valence-corrected chi connectivity index (χ2v) is 3.67. The van der Waals surface area contributed by atoms with Crippen molar-refractivity contribution < 1.29 is 13.9 Å². The molecule has 2 aromatic rings. The van der Waals surface area contributed by atoms with Gasteiger partial charge in [-0.2, -0.15) is 4.98 Å². The minimum Gasteiger partial charge on any atom is -0.482 e. The van der Waals surface area contributed by atoms with E-state index in [0.29, 0.717) is 17.1 Å². The van der Waals surface area contributed by atoms with Crippen LogP contribution in [0.3, 0.4) is 0 Å². The fraction of sp³-hybridized carbons (Fsp3) is 0.167. The molecule has 1 amide bonds. The number of carbonyl (C=O) groups excluding carboxylic acids is 1. The zero-order valence-electron chi connectivity index (χ0n) is 9.84. The molecule has 0 saturated heterocycles. The Morgan fingerprint density at radius 1 is 1.50 bits per heavy atom. The highest BCUT2D eigenvalue weighted by Crippen LogP contribution is 2.19. The highest BCUT2D eigenvalue weighted by Gasteiger charge is 2.08. The molecule has 2 rings (SSSR count). The van der Waals surface area contributed by atoms with Gasteiger partial charge in [0.05, 0.1) is 11.4 Å². The molecule has 0 spiro atoms. The quantitative estimate of drug-likeness (QED) is 0.800. The molecule has 1 heterocycles. The Morgan fingerprint density at radius 3 is 2.94 bits per heavy atom. The summed E-state index contributed by atoms with van der Waals surface area (Å²) in [5.41, 5.74) is 6.85. The predicted octanol–water partition coefficient (Wildman–Crippen LogP) is 1.58. The maximum atomic E-state index is 11.5. The summed E-state index contributed by atoms with van der Waals surface area (Å²) in [6.45, 7) is 1.61. The standard InChI is InChI=1S/C12H13N3O3/c1-8-6-18-12(14-8)15-11(16)7-17-10-5-3-2-4-9(10)13/h2-6H,7,13H2,1H3,(H,14,15,16). The molecule has 0 aliphatic heterocycles. The number of anilines is 2. The lowest BCUT2D eigenvalue weighted by Gasteiger charge is -2.07. The molecule has 0 fully saturated rings. The Bertz CT molecular complexity index is 551. The first-order valence-electron chi connectivity index (χ1n) is 5.34. The zero-order chi connectivity index (χ0) is 13.0. The molecular weight excluding hydrogens is 234 g/mol. The first kappa shape index (κ1) is 12.0. The first-order chi connectivity index (χ1) is 8.65. The van der Waals surface area contributed by atoms with Gasteiger partial charge in [0.25, 0.3) is 5.91 Å². The van der Waals surface area contributed by atoms with Gasteiger partial charge in [-0.3, -0.25) is 10.1 Å². The molecule has 0 unspecified atom stereocenters. The molecule has 6 nitrogen and oxygen atoms in total. The topological polar surface area (TPSA) is 90.4 Å². The number of benzene rings is 1. The summed E-state index contributed by atoms with van der Waals surface area (Å²) in [7, 11) is 0. The number of ether oxygens (including phenoxy) is 1. The van der Waals surface area contributed by atoms with E-state index >= 15 is 0 Å². The summed E-state index contributed by atoms with van der Waals surface area (Å²) in [6, 6.07) is 7.11. The Hall–Kier alpha value is -2.50. The van der Waals surface area contributed by atoms with E-state index in [4.69, 9.17) is 14.9 Å². The van der Waals surface area contributed by atoms with Crippen LogP contribution in [0.5, 0.6) is 5.75 Å². The molecule has 0 atom stereocenters. The van der Waals surface area contributed by atoms with E-state index in [0.717, 1.165) is 0 Å². The van der Waals surface area contributed by atoms with Gasteiger partial charge in [-0.1, -0.05) is 12.1 Å². The molecule has 0 radical (unpaired) electrons. The van der Waals surface area contributed by atoms with E-state index in [1.54, 1.807) is 31.2 Å². The number of rotatable bonds is 4. The Kier molecular flexibility index (Phi) is 3.47. The minimum atomic E-state index is -0.361. The summed E-state index contributed by atoms with van der Waals surface area (Å²) >= 11 is 0. The van der Waals surface area contributed by atoms with Crippen LogP contribution in [0.1, 0.15) is 5.69 Å². The van der Waals surface area contributed by atoms with E-state index in [9.17, 15) is 4.79 Å². The van der Waals surface area contributed by atoms with E-state index in [1.165, 1.54) is 6.26 Å². The summed E-state index contributed by atoms with van der Waals surface area (Å²) in [6.07, 6.45) is 1.45.